The van der Waals surface area contributed by atoms with Crippen molar-refractivity contribution < 1.29 is 17.9 Å². The molecule has 150 valence electrons. The molecule has 0 fully saturated rings. The van der Waals surface area contributed by atoms with Gasteiger partial charge >= 0.3 is 0 Å². The zero-order chi connectivity index (χ0) is 20.1. The van der Waals surface area contributed by atoms with Crippen molar-refractivity contribution in [3.63, 3.8) is 0 Å². The van der Waals surface area contributed by atoms with Crippen LogP contribution in [0.4, 0.5) is 5.69 Å². The number of carbonyl (C=O) groups excluding carboxylic acids is 1. The highest BCUT2D eigenvalue weighted by molar-refractivity contribution is 7.92. The molecule has 1 aliphatic heterocycles. The molecule has 0 aliphatic carbocycles. The Labute approximate surface area is 166 Å². The summed E-state index contributed by atoms with van der Waals surface area (Å²) in [5.74, 6) is 0.560. The average molecular weight is 403 g/mol. The van der Waals surface area contributed by atoms with Crippen LogP contribution in [0.1, 0.15) is 29.8 Å². The van der Waals surface area contributed by atoms with E-state index >= 15 is 0 Å². The number of nitrogens with one attached hydrogen (secondary N) is 1. The molecule has 1 heterocycles. The van der Waals surface area contributed by atoms with Crippen LogP contribution < -0.4 is 14.4 Å². The predicted molar refractivity (Wildman–Crippen MR) is 110 cm³/mol. The van der Waals surface area contributed by atoms with Gasteiger partial charge in [0.25, 0.3) is 5.91 Å². The topological polar surface area (TPSA) is 75.7 Å². The number of benzene rings is 2. The SMILES string of the molecule is CC(C)COc1cccc(C(=O)NCCS(=O)(=O)N2CCc3ccccc32)c1. The monoisotopic (exact) mass is 402 g/mol. The second kappa shape index (κ2) is 8.65. The third-order valence-electron chi connectivity index (χ3n) is 4.51. The maximum Gasteiger partial charge on any atom is 0.251 e. The molecule has 0 spiro atoms. The fraction of sp³-hybridized carbons (Fsp3) is 0.381. The number of anilines is 1. The number of rotatable bonds is 8. The van der Waals surface area contributed by atoms with Crippen LogP contribution in [0.25, 0.3) is 0 Å². The van der Waals surface area contributed by atoms with E-state index in [4.69, 9.17) is 4.74 Å². The second-order valence-corrected chi connectivity index (χ2v) is 9.27. The van der Waals surface area contributed by atoms with Crippen LogP contribution in [0, 0.1) is 5.92 Å². The van der Waals surface area contributed by atoms with Crippen LogP contribution in [0.15, 0.2) is 48.5 Å². The summed E-state index contributed by atoms with van der Waals surface area (Å²) in [6, 6.07) is 14.4. The van der Waals surface area contributed by atoms with Crippen LogP contribution in [0.5, 0.6) is 5.75 Å². The minimum atomic E-state index is -3.48. The average Bonchev–Trinajstić information content (AvgIpc) is 3.11. The van der Waals surface area contributed by atoms with Gasteiger partial charge in [-0.3, -0.25) is 9.10 Å². The molecule has 6 nitrogen and oxygen atoms in total. The van der Waals surface area contributed by atoms with Gasteiger partial charge in [0.1, 0.15) is 5.75 Å². The quantitative estimate of drug-likeness (QED) is 0.737. The fourth-order valence-electron chi connectivity index (χ4n) is 3.09. The van der Waals surface area contributed by atoms with Crippen molar-refractivity contribution in [2.75, 3.05) is 29.8 Å². The summed E-state index contributed by atoms with van der Waals surface area (Å²) in [4.78, 5) is 12.4. The lowest BCUT2D eigenvalue weighted by atomic mass is 10.2. The smallest absolute Gasteiger partial charge is 0.251 e. The Bertz CT molecular complexity index is 941. The standard InChI is InChI=1S/C21H26N2O4S/c1-16(2)15-27-19-8-5-7-18(14-19)21(24)22-11-13-28(25,26)23-12-10-17-6-3-4-9-20(17)23/h3-9,14,16H,10-13,15H2,1-2H3,(H,22,24). The van der Waals surface area contributed by atoms with Gasteiger partial charge in [-0.05, 0) is 42.2 Å². The van der Waals surface area contributed by atoms with Crippen molar-refractivity contribution in [1.29, 1.82) is 0 Å². The van der Waals surface area contributed by atoms with Crippen LogP contribution in [-0.2, 0) is 16.4 Å². The first-order valence-corrected chi connectivity index (χ1v) is 11.1. The van der Waals surface area contributed by atoms with Crippen molar-refractivity contribution in [2.24, 2.45) is 5.92 Å². The molecule has 2 aromatic carbocycles. The number of fused-ring (bicyclic) bond motifs is 1. The number of nitrogens with zero attached hydrogens (tertiary/aromatic N) is 1. The van der Waals surface area contributed by atoms with Gasteiger partial charge in [-0.15, -0.1) is 0 Å². The predicted octanol–water partition coefficient (Wildman–Crippen LogP) is 2.84. The van der Waals surface area contributed by atoms with Crippen LogP contribution in [-0.4, -0.2) is 39.8 Å². The Morgan fingerprint density at radius 2 is 1.96 bits per heavy atom. The van der Waals surface area contributed by atoms with E-state index in [1.54, 1.807) is 24.3 Å². The number of carbonyl (C=O) groups is 1. The molecular formula is C21H26N2O4S. The molecule has 2 aromatic rings. The normalized spacial score (nSPS) is 13.5. The summed E-state index contributed by atoms with van der Waals surface area (Å²) >= 11 is 0. The Morgan fingerprint density at radius 1 is 1.18 bits per heavy atom. The van der Waals surface area contributed by atoms with E-state index in [-0.39, 0.29) is 18.2 Å². The molecule has 0 saturated carbocycles. The molecule has 3 rings (SSSR count). The first-order chi connectivity index (χ1) is 13.4. The first-order valence-electron chi connectivity index (χ1n) is 9.46. The molecule has 0 bridgehead atoms. The van der Waals surface area contributed by atoms with E-state index in [9.17, 15) is 13.2 Å². The number of amides is 1. The first kappa shape index (κ1) is 20.2. The minimum Gasteiger partial charge on any atom is -0.493 e. The minimum absolute atomic E-state index is 0.0525. The molecule has 0 unspecified atom stereocenters. The zero-order valence-corrected chi connectivity index (χ0v) is 17.0. The molecule has 28 heavy (non-hydrogen) atoms. The molecule has 0 atom stereocenters. The summed E-state index contributed by atoms with van der Waals surface area (Å²) in [5.41, 5.74) is 2.22. The number of hydrogen-bond donors (Lipinski definition) is 1. The van der Waals surface area contributed by atoms with Crippen molar-refractivity contribution in [3.05, 3.63) is 59.7 Å². The molecule has 0 saturated heterocycles. The van der Waals surface area contributed by atoms with Gasteiger partial charge in [0.15, 0.2) is 0 Å². The number of hydrogen-bond acceptors (Lipinski definition) is 4. The van der Waals surface area contributed by atoms with Crippen LogP contribution >= 0.6 is 0 Å². The molecule has 1 amide bonds. The highest BCUT2D eigenvalue weighted by Crippen LogP contribution is 2.29. The summed E-state index contributed by atoms with van der Waals surface area (Å²) in [7, 11) is -3.48. The van der Waals surface area contributed by atoms with Crippen LogP contribution in [0.2, 0.25) is 0 Å². The number of sulfonamides is 1. The fourth-order valence-corrected chi connectivity index (χ4v) is 4.52. The van der Waals surface area contributed by atoms with Crippen LogP contribution in [0.3, 0.4) is 0 Å². The van der Waals surface area contributed by atoms with Gasteiger partial charge in [-0.25, -0.2) is 8.42 Å². The largest absolute Gasteiger partial charge is 0.493 e. The second-order valence-electron chi connectivity index (χ2n) is 7.26. The molecular weight excluding hydrogens is 376 g/mol. The Morgan fingerprint density at radius 3 is 2.75 bits per heavy atom. The number of ether oxygens (including phenoxy) is 1. The van der Waals surface area contributed by atoms with E-state index in [1.165, 1.54) is 4.31 Å². The van der Waals surface area contributed by atoms with Crippen molar-refractivity contribution >= 4 is 21.6 Å². The van der Waals surface area contributed by atoms with E-state index in [0.717, 1.165) is 11.3 Å². The maximum atomic E-state index is 12.7. The lowest BCUT2D eigenvalue weighted by Gasteiger charge is -2.19. The zero-order valence-electron chi connectivity index (χ0n) is 16.2. The highest BCUT2D eigenvalue weighted by Gasteiger charge is 2.28. The van der Waals surface area contributed by atoms with E-state index in [1.807, 2.05) is 24.3 Å². The summed E-state index contributed by atoms with van der Waals surface area (Å²) in [5, 5.41) is 2.69. The third-order valence-corrected chi connectivity index (χ3v) is 6.28. The van der Waals surface area contributed by atoms with Crippen molar-refractivity contribution in [1.82, 2.24) is 5.32 Å². The highest BCUT2D eigenvalue weighted by atomic mass is 32.2. The van der Waals surface area contributed by atoms with Gasteiger partial charge in [0.2, 0.25) is 10.0 Å². The summed E-state index contributed by atoms with van der Waals surface area (Å²) in [6.07, 6.45) is 0.713. The molecule has 0 aromatic heterocycles. The van der Waals surface area contributed by atoms with Gasteiger partial charge in [0.05, 0.1) is 18.0 Å². The maximum absolute atomic E-state index is 12.7. The van der Waals surface area contributed by atoms with E-state index < -0.39 is 10.0 Å². The van der Waals surface area contributed by atoms with E-state index in [2.05, 4.69) is 19.2 Å². The van der Waals surface area contributed by atoms with E-state index in [0.29, 0.717) is 36.8 Å². The Kier molecular flexibility index (Phi) is 6.24. The van der Waals surface area contributed by atoms with Gasteiger partial charge in [0, 0.05) is 18.7 Å². The van der Waals surface area contributed by atoms with Crippen molar-refractivity contribution in [2.45, 2.75) is 20.3 Å². The number of para-hydroxylation sites is 1. The summed E-state index contributed by atoms with van der Waals surface area (Å²) in [6.45, 7) is 5.17. The van der Waals surface area contributed by atoms with Gasteiger partial charge < -0.3 is 10.1 Å². The van der Waals surface area contributed by atoms with Crippen molar-refractivity contribution in [3.8, 4) is 5.75 Å². The Balaban J connectivity index is 1.56. The molecule has 0 radical (unpaired) electrons. The van der Waals surface area contributed by atoms with Gasteiger partial charge in [-0.2, -0.15) is 0 Å². The van der Waals surface area contributed by atoms with Gasteiger partial charge in [-0.1, -0.05) is 38.1 Å². The molecule has 7 heteroatoms. The Hall–Kier alpha value is -2.54. The molecule has 1 aliphatic rings. The third kappa shape index (κ3) is 4.84. The lowest BCUT2D eigenvalue weighted by molar-refractivity contribution is 0.0955. The lowest BCUT2D eigenvalue weighted by Crippen LogP contribution is -2.37. The molecule has 1 N–H and O–H groups in total. The summed E-state index contributed by atoms with van der Waals surface area (Å²) < 4.78 is 32.4.